The molecule has 0 spiro atoms. The van der Waals surface area contributed by atoms with Crippen molar-refractivity contribution < 1.29 is 101 Å². The van der Waals surface area contributed by atoms with Gasteiger partial charge in [-0.3, -0.25) is 13.6 Å². The third kappa shape index (κ3) is 26.2. The van der Waals surface area contributed by atoms with Crippen LogP contribution >= 0.6 is 137 Å². The maximum atomic E-state index is 9.34. The maximum absolute atomic E-state index is 9.34. The molecule has 3 aromatic carbocycles. The van der Waals surface area contributed by atoms with Gasteiger partial charge in [0.25, 0.3) is 0 Å². The Morgan fingerprint density at radius 3 is 0.675 bits per heavy atom. The zero-order chi connectivity index (χ0) is 59.3. The van der Waals surface area contributed by atoms with Crippen LogP contribution in [0, 0.1) is 20.8 Å². The minimum atomic E-state index is -4.41. The molecule has 0 aliphatic carbocycles. The van der Waals surface area contributed by atoms with Crippen molar-refractivity contribution in [2.24, 2.45) is 0 Å². The molecular weight excluding hydrogens is 1370 g/mol. The van der Waals surface area contributed by atoms with Crippen LogP contribution in [-0.4, -0.2) is 44.0 Å². The van der Waals surface area contributed by atoms with Gasteiger partial charge in [-0.1, -0.05) is 18.2 Å². The van der Waals surface area contributed by atoms with Gasteiger partial charge >= 0.3 is 24.5 Å². The Morgan fingerprint density at radius 1 is 0.337 bits per heavy atom. The predicted molar refractivity (Wildman–Crippen MR) is 340 cm³/mol. The Balaban J connectivity index is 0.000000219. The van der Waals surface area contributed by atoms with Crippen LogP contribution < -0.4 is 13.6 Å². The first-order valence-corrected chi connectivity index (χ1v) is 38.9. The van der Waals surface area contributed by atoms with Gasteiger partial charge < -0.3 is 26.5 Å². The average Bonchev–Trinajstić information content (AvgIpc) is 4.41. The normalized spacial score (nSPS) is 11.4. The van der Waals surface area contributed by atoms with E-state index < -0.39 is 30.0 Å². The molecule has 18 nitrogen and oxygen atoms in total. The van der Waals surface area contributed by atoms with E-state index in [-0.39, 0.29) is 33.7 Å². The first-order valence-electron chi connectivity index (χ1n) is 23.5. The topological polar surface area (TPSA) is 289 Å². The predicted octanol–water partition coefficient (Wildman–Crippen LogP) is 16.4. The van der Waals surface area contributed by atoms with Crippen LogP contribution in [-0.2, 0) is 51.0 Å². The molecule has 0 saturated carbocycles. The zero-order valence-electron chi connectivity index (χ0n) is 43.7. The first-order chi connectivity index (χ1) is 39.0. The van der Waals surface area contributed by atoms with Crippen LogP contribution in [0.2, 0.25) is 0 Å². The molecular formula is C51H57NiO18P4S9+3. The summed E-state index contributed by atoms with van der Waals surface area (Å²) in [7, 11) is -13.2. The number of thiol groups is 3. The van der Waals surface area contributed by atoms with E-state index in [0.717, 1.165) is 65.9 Å². The molecule has 0 unspecified atom stereocenters. The van der Waals surface area contributed by atoms with Crippen LogP contribution in [0.25, 0.3) is 0 Å². The van der Waals surface area contributed by atoms with Gasteiger partial charge in [0.05, 0.1) is 92.3 Å². The molecule has 6 heterocycles. The minimum absolute atomic E-state index is 0. The van der Waals surface area contributed by atoms with Crippen molar-refractivity contribution >= 4 is 137 Å². The molecule has 0 amide bonds. The summed E-state index contributed by atoms with van der Waals surface area (Å²) in [5.74, 6) is 8.93. The summed E-state index contributed by atoms with van der Waals surface area (Å²) >= 11 is 20.2. The van der Waals surface area contributed by atoms with Crippen LogP contribution in [0.1, 0.15) is 51.3 Å². The fraction of sp³-hybridized carbons (Fsp3) is 0.176. The Labute approximate surface area is 533 Å². The Bertz CT molecular complexity index is 2890. The molecule has 9 rings (SSSR count). The van der Waals surface area contributed by atoms with Crippen molar-refractivity contribution in [2.45, 2.75) is 84.7 Å². The van der Waals surface area contributed by atoms with Crippen LogP contribution in [0.5, 0.6) is 17.2 Å². The summed E-state index contributed by atoms with van der Waals surface area (Å²) in [5, 5.41) is 0. The molecule has 9 aromatic rings. The molecule has 0 fully saturated rings. The zero-order valence-corrected chi connectivity index (χ0v) is 55.8. The van der Waals surface area contributed by atoms with Gasteiger partial charge in [-0.05, 0) is 128 Å². The molecule has 83 heavy (non-hydrogen) atoms. The monoisotopic (exact) mass is 1430 g/mol. The first kappa shape index (κ1) is 71.5. The van der Waals surface area contributed by atoms with E-state index in [9.17, 15) is 44.0 Å². The SMILES string of the molecule is Cc1ccc(O[P+](O)(O)O)c(SCc2ccco2)c1SCc1ccco1.Cc1ccc(O[P+](O)(O)O)c(SCc2ccco2)c1SCc1ccco1.Cc1ccc(O[P+](O)(O)O)c(SCc2ccco2)c1SCc1ccco1.SP(S)S.[Ni]. The van der Waals surface area contributed by atoms with Gasteiger partial charge in [-0.25, -0.2) is 0 Å². The average molecular weight is 1430 g/mol. The summed E-state index contributed by atoms with van der Waals surface area (Å²) in [6, 6.07) is 32.5. The second kappa shape index (κ2) is 35.7. The molecule has 32 heteroatoms. The van der Waals surface area contributed by atoms with E-state index in [4.69, 9.17) is 40.1 Å². The van der Waals surface area contributed by atoms with Gasteiger partial charge in [0.15, 0.2) is 17.2 Å². The Hall–Kier alpha value is -2.26. The molecule has 0 radical (unpaired) electrons. The van der Waals surface area contributed by atoms with E-state index in [1.54, 1.807) is 91.1 Å². The summed E-state index contributed by atoms with van der Waals surface area (Å²) in [5.41, 5.74) is 2.49. The summed E-state index contributed by atoms with van der Waals surface area (Å²) in [4.78, 5) is 88.9. The van der Waals surface area contributed by atoms with E-state index in [0.29, 0.717) is 49.2 Å². The van der Waals surface area contributed by atoms with Crippen molar-refractivity contribution in [3.63, 3.8) is 0 Å². The maximum Gasteiger partial charge on any atom is 0.613 e. The second-order valence-corrected chi connectivity index (χ2v) is 32.9. The van der Waals surface area contributed by atoms with Crippen LogP contribution in [0.4, 0.5) is 0 Å². The molecule has 9 N–H and O–H groups in total. The van der Waals surface area contributed by atoms with Crippen molar-refractivity contribution in [1.29, 1.82) is 0 Å². The van der Waals surface area contributed by atoms with Gasteiger partial charge in [0.1, 0.15) is 34.6 Å². The number of benzene rings is 3. The summed E-state index contributed by atoms with van der Waals surface area (Å²) in [6.45, 7) is 5.89. The quantitative estimate of drug-likeness (QED) is 0.0116. The smallest absolute Gasteiger partial charge is 0.468 e. The van der Waals surface area contributed by atoms with Crippen molar-refractivity contribution in [3.8, 4) is 17.2 Å². The molecule has 0 saturated heterocycles. The number of aryl methyl sites for hydroxylation is 3. The summed E-state index contributed by atoms with van der Waals surface area (Å²) in [6.07, 6.45) is 9.66. The molecule has 0 aliphatic heterocycles. The number of thioether (sulfide) groups is 6. The van der Waals surface area contributed by atoms with Gasteiger partial charge in [-0.15, -0.1) is 107 Å². The largest absolute Gasteiger partial charge is 0.613 e. The summed E-state index contributed by atoms with van der Waals surface area (Å²) < 4.78 is 47.3. The van der Waals surface area contributed by atoms with Gasteiger partial charge in [-0.2, -0.15) is 44.0 Å². The van der Waals surface area contributed by atoms with Crippen molar-refractivity contribution in [2.75, 3.05) is 0 Å². The van der Waals surface area contributed by atoms with E-state index in [1.807, 2.05) is 112 Å². The van der Waals surface area contributed by atoms with E-state index >= 15 is 0 Å². The van der Waals surface area contributed by atoms with Crippen molar-refractivity contribution in [3.05, 3.63) is 198 Å². The third-order valence-corrected chi connectivity index (χ3v) is 18.9. The minimum Gasteiger partial charge on any atom is -0.468 e. The Kier molecular flexibility index (Phi) is 30.7. The third-order valence-electron chi connectivity index (χ3n) is 10.1. The molecule has 0 atom stereocenters. The molecule has 0 aliphatic rings. The van der Waals surface area contributed by atoms with Crippen LogP contribution in [0.3, 0.4) is 0 Å². The molecule has 0 bridgehead atoms. The van der Waals surface area contributed by atoms with Gasteiger partial charge in [0.2, 0.25) is 0 Å². The van der Waals surface area contributed by atoms with Crippen LogP contribution in [0.15, 0.2) is 203 Å². The van der Waals surface area contributed by atoms with Crippen molar-refractivity contribution in [1.82, 2.24) is 0 Å². The van der Waals surface area contributed by atoms with E-state index in [1.165, 1.54) is 35.3 Å². The fourth-order valence-electron chi connectivity index (χ4n) is 6.72. The number of rotatable bonds is 24. The van der Waals surface area contributed by atoms with E-state index in [2.05, 4.69) is 36.7 Å². The standard InChI is InChI=1S/3C17H18O6PS2.Ni.H3PS3/c3*1-12-6-7-15(23-24(18,19)20)17(26-11-14-5-3-9-22-14)16(12)25-10-13-4-2-8-21-13;;2-1(3)4/h3*2-9,18-20H,10-11H2,1H3;;2-4H/q3*+1;;. The number of hydrogen-bond donors (Lipinski definition) is 12. The number of furan rings is 6. The Morgan fingerprint density at radius 2 is 0.518 bits per heavy atom. The second-order valence-electron chi connectivity index (χ2n) is 16.4. The molecule has 6 aromatic heterocycles. The fourth-order valence-corrected chi connectivity index (χ4v) is 15.1. The van der Waals surface area contributed by atoms with Gasteiger partial charge in [0, 0.05) is 31.2 Å². The number of hydrogen-bond acceptors (Lipinski definition) is 27. The molecule has 450 valence electrons.